The van der Waals surface area contributed by atoms with Crippen LogP contribution in [-0.2, 0) is 13.0 Å². The van der Waals surface area contributed by atoms with Gasteiger partial charge in [-0.15, -0.1) is 0 Å². The summed E-state index contributed by atoms with van der Waals surface area (Å²) in [5.74, 6) is 1.66. The van der Waals surface area contributed by atoms with E-state index < -0.39 is 0 Å². The van der Waals surface area contributed by atoms with Gasteiger partial charge in [-0.25, -0.2) is 0 Å². The fourth-order valence-corrected chi connectivity index (χ4v) is 2.15. The monoisotopic (exact) mass is 241 g/mol. The Kier molecular flexibility index (Phi) is 2.90. The Labute approximate surface area is 106 Å². The number of nitrogens with two attached hydrogens (primary N) is 1. The number of ether oxygens (including phenoxy) is 2. The molecule has 0 saturated carbocycles. The Bertz CT molecular complexity index is 566. The smallest absolute Gasteiger partial charge is 0.231 e. The Morgan fingerprint density at radius 1 is 0.889 bits per heavy atom. The SMILES string of the molecule is NCc1cccc(Cc2ccc3c(c2)OCO3)c1. The van der Waals surface area contributed by atoms with E-state index in [0.717, 1.165) is 23.5 Å². The topological polar surface area (TPSA) is 44.5 Å². The van der Waals surface area contributed by atoms with Gasteiger partial charge in [0.05, 0.1) is 0 Å². The molecule has 0 fully saturated rings. The summed E-state index contributed by atoms with van der Waals surface area (Å²) in [5.41, 5.74) is 9.29. The highest BCUT2D eigenvalue weighted by Crippen LogP contribution is 2.33. The van der Waals surface area contributed by atoms with Crippen molar-refractivity contribution < 1.29 is 9.47 Å². The fraction of sp³-hybridized carbons (Fsp3) is 0.200. The first-order valence-corrected chi connectivity index (χ1v) is 6.01. The molecule has 0 amide bonds. The molecule has 3 nitrogen and oxygen atoms in total. The molecule has 0 unspecified atom stereocenters. The fourth-order valence-electron chi connectivity index (χ4n) is 2.15. The van der Waals surface area contributed by atoms with Gasteiger partial charge in [0.2, 0.25) is 6.79 Å². The lowest BCUT2D eigenvalue weighted by atomic mass is 10.0. The molecule has 0 atom stereocenters. The molecule has 0 saturated heterocycles. The highest BCUT2D eigenvalue weighted by atomic mass is 16.7. The van der Waals surface area contributed by atoms with Crippen LogP contribution in [0.2, 0.25) is 0 Å². The molecule has 1 aliphatic heterocycles. The summed E-state index contributed by atoms with van der Waals surface area (Å²) in [6.07, 6.45) is 0.879. The van der Waals surface area contributed by atoms with Crippen molar-refractivity contribution in [1.82, 2.24) is 0 Å². The summed E-state index contributed by atoms with van der Waals surface area (Å²) in [7, 11) is 0. The second kappa shape index (κ2) is 4.70. The van der Waals surface area contributed by atoms with Crippen LogP contribution in [0.1, 0.15) is 16.7 Å². The molecule has 18 heavy (non-hydrogen) atoms. The van der Waals surface area contributed by atoms with E-state index in [1.807, 2.05) is 24.3 Å². The molecular weight excluding hydrogens is 226 g/mol. The van der Waals surface area contributed by atoms with Crippen LogP contribution in [0.15, 0.2) is 42.5 Å². The molecule has 2 aromatic rings. The largest absolute Gasteiger partial charge is 0.454 e. The Morgan fingerprint density at radius 2 is 1.67 bits per heavy atom. The third-order valence-electron chi connectivity index (χ3n) is 3.07. The number of hydrogen-bond donors (Lipinski definition) is 1. The summed E-state index contributed by atoms with van der Waals surface area (Å²) in [4.78, 5) is 0. The predicted octanol–water partition coefficient (Wildman–Crippen LogP) is 2.46. The van der Waals surface area contributed by atoms with Crippen molar-refractivity contribution in [3.05, 3.63) is 59.2 Å². The third kappa shape index (κ3) is 2.17. The van der Waals surface area contributed by atoms with E-state index in [1.165, 1.54) is 11.1 Å². The summed E-state index contributed by atoms with van der Waals surface area (Å²) >= 11 is 0. The maximum atomic E-state index is 5.65. The molecule has 92 valence electrons. The molecule has 2 N–H and O–H groups in total. The Morgan fingerprint density at radius 3 is 2.56 bits per heavy atom. The van der Waals surface area contributed by atoms with Crippen molar-refractivity contribution in [3.63, 3.8) is 0 Å². The van der Waals surface area contributed by atoms with Crippen molar-refractivity contribution >= 4 is 0 Å². The van der Waals surface area contributed by atoms with Gasteiger partial charge in [0.15, 0.2) is 11.5 Å². The van der Waals surface area contributed by atoms with Gasteiger partial charge >= 0.3 is 0 Å². The first kappa shape index (κ1) is 11.1. The molecule has 0 radical (unpaired) electrons. The van der Waals surface area contributed by atoms with Crippen LogP contribution in [0.5, 0.6) is 11.5 Å². The highest BCUT2D eigenvalue weighted by Gasteiger charge is 2.13. The van der Waals surface area contributed by atoms with E-state index >= 15 is 0 Å². The van der Waals surface area contributed by atoms with Crippen molar-refractivity contribution in [2.75, 3.05) is 6.79 Å². The van der Waals surface area contributed by atoms with Gasteiger partial charge in [0.1, 0.15) is 0 Å². The van der Waals surface area contributed by atoms with Crippen LogP contribution in [0.4, 0.5) is 0 Å². The van der Waals surface area contributed by atoms with Crippen molar-refractivity contribution in [3.8, 4) is 11.5 Å². The quantitative estimate of drug-likeness (QED) is 0.897. The molecule has 0 spiro atoms. The van der Waals surface area contributed by atoms with Crippen molar-refractivity contribution in [2.24, 2.45) is 5.73 Å². The van der Waals surface area contributed by atoms with Crippen LogP contribution >= 0.6 is 0 Å². The zero-order valence-corrected chi connectivity index (χ0v) is 10.1. The van der Waals surface area contributed by atoms with E-state index in [0.29, 0.717) is 13.3 Å². The minimum atomic E-state index is 0.321. The van der Waals surface area contributed by atoms with Gasteiger partial charge in [0.25, 0.3) is 0 Å². The van der Waals surface area contributed by atoms with Crippen molar-refractivity contribution in [1.29, 1.82) is 0 Å². The molecule has 3 rings (SSSR count). The minimum Gasteiger partial charge on any atom is -0.454 e. The molecule has 1 heterocycles. The van der Waals surface area contributed by atoms with Gasteiger partial charge in [0, 0.05) is 6.54 Å². The van der Waals surface area contributed by atoms with Gasteiger partial charge < -0.3 is 15.2 Å². The lowest BCUT2D eigenvalue weighted by molar-refractivity contribution is 0.174. The predicted molar refractivity (Wildman–Crippen MR) is 69.7 cm³/mol. The zero-order chi connectivity index (χ0) is 12.4. The van der Waals surface area contributed by atoms with E-state index in [-0.39, 0.29) is 0 Å². The van der Waals surface area contributed by atoms with Crippen LogP contribution in [0.3, 0.4) is 0 Å². The van der Waals surface area contributed by atoms with Crippen LogP contribution in [0.25, 0.3) is 0 Å². The first-order valence-electron chi connectivity index (χ1n) is 6.01. The molecule has 0 aliphatic carbocycles. The zero-order valence-electron chi connectivity index (χ0n) is 10.1. The second-order valence-corrected chi connectivity index (χ2v) is 4.39. The van der Waals surface area contributed by atoms with Gasteiger partial charge in [-0.05, 0) is 35.2 Å². The van der Waals surface area contributed by atoms with Crippen LogP contribution < -0.4 is 15.2 Å². The van der Waals surface area contributed by atoms with E-state index in [9.17, 15) is 0 Å². The van der Waals surface area contributed by atoms with E-state index in [1.54, 1.807) is 0 Å². The summed E-state index contributed by atoms with van der Waals surface area (Å²) < 4.78 is 10.7. The van der Waals surface area contributed by atoms with E-state index in [2.05, 4.69) is 18.2 Å². The second-order valence-electron chi connectivity index (χ2n) is 4.39. The lowest BCUT2D eigenvalue weighted by Gasteiger charge is -2.05. The van der Waals surface area contributed by atoms with Gasteiger partial charge in [-0.1, -0.05) is 30.3 Å². The maximum Gasteiger partial charge on any atom is 0.231 e. The van der Waals surface area contributed by atoms with Gasteiger partial charge in [-0.3, -0.25) is 0 Å². The number of rotatable bonds is 3. The molecule has 3 heteroatoms. The first-order chi connectivity index (χ1) is 8.85. The van der Waals surface area contributed by atoms with E-state index in [4.69, 9.17) is 15.2 Å². The molecular formula is C15H15NO2. The minimum absolute atomic E-state index is 0.321. The normalized spacial score (nSPS) is 12.7. The maximum absolute atomic E-state index is 5.65. The standard InChI is InChI=1S/C15H15NO2/c16-9-13-3-1-2-11(7-13)6-12-4-5-14-15(8-12)18-10-17-14/h1-5,7-8H,6,9-10,16H2. The number of fused-ring (bicyclic) bond motifs is 1. The molecule has 0 aromatic heterocycles. The molecule has 1 aliphatic rings. The average molecular weight is 241 g/mol. The van der Waals surface area contributed by atoms with Crippen LogP contribution in [-0.4, -0.2) is 6.79 Å². The Balaban J connectivity index is 1.83. The molecule has 0 bridgehead atoms. The molecule has 2 aromatic carbocycles. The summed E-state index contributed by atoms with van der Waals surface area (Å²) in [6.45, 7) is 0.899. The lowest BCUT2D eigenvalue weighted by Crippen LogP contribution is -1.97. The summed E-state index contributed by atoms with van der Waals surface area (Å²) in [5, 5.41) is 0. The van der Waals surface area contributed by atoms with Crippen molar-refractivity contribution in [2.45, 2.75) is 13.0 Å². The number of hydrogen-bond acceptors (Lipinski definition) is 3. The Hall–Kier alpha value is -2.00. The number of benzene rings is 2. The summed E-state index contributed by atoms with van der Waals surface area (Å²) in [6, 6.07) is 14.4. The van der Waals surface area contributed by atoms with Gasteiger partial charge in [-0.2, -0.15) is 0 Å². The third-order valence-corrected chi connectivity index (χ3v) is 3.07. The highest BCUT2D eigenvalue weighted by molar-refractivity contribution is 5.45. The van der Waals surface area contributed by atoms with Crippen LogP contribution in [0, 0.1) is 0 Å². The average Bonchev–Trinajstić information content (AvgIpc) is 2.86.